The quantitative estimate of drug-likeness (QED) is 0.190. The average molecular weight is 568 g/mol. The maximum atomic E-state index is 12.9. The summed E-state index contributed by atoms with van der Waals surface area (Å²) >= 11 is 1.60. The molecule has 212 valence electrons. The van der Waals surface area contributed by atoms with Crippen LogP contribution in [0.1, 0.15) is 45.7 Å². The van der Waals surface area contributed by atoms with Gasteiger partial charge in [-0.25, -0.2) is 9.97 Å². The number of ether oxygens (including phenoxy) is 1. The van der Waals surface area contributed by atoms with E-state index >= 15 is 0 Å². The molecule has 0 saturated carbocycles. The number of carbonyl (C=O) groups excluding carboxylic acids is 1. The number of aromatic nitrogens is 2. The van der Waals surface area contributed by atoms with Gasteiger partial charge in [0.15, 0.2) is 5.16 Å². The lowest BCUT2D eigenvalue weighted by molar-refractivity contribution is 0.0940. The molecule has 1 fully saturated rings. The molecule has 1 aromatic heterocycles. The summed E-state index contributed by atoms with van der Waals surface area (Å²) < 4.78 is 5.30. The number of aryl methyl sites for hydroxylation is 1. The van der Waals surface area contributed by atoms with Crippen LogP contribution in [0.2, 0.25) is 0 Å². The standard InChI is InChI=1S/C33H37N5O2S/c1-23-24(2)35-33(36-31(23)38-19-17-37(18-20-38)29-13-15-30(40-4)16-14-29)41-22-26-9-8-12-28(21-26)32(39)34-25(3)27-10-6-5-7-11-27/h5-16,21,25H,17-20,22H2,1-4H3,(H,34,39). The number of nitrogens with zero attached hydrogens (tertiary/aromatic N) is 4. The molecule has 0 aliphatic carbocycles. The molecule has 1 atom stereocenters. The number of nitrogens with one attached hydrogen (secondary N) is 1. The largest absolute Gasteiger partial charge is 0.497 e. The number of hydrogen-bond acceptors (Lipinski definition) is 7. The van der Waals surface area contributed by atoms with Crippen molar-refractivity contribution in [2.45, 2.75) is 37.7 Å². The highest BCUT2D eigenvalue weighted by Crippen LogP contribution is 2.28. The molecule has 41 heavy (non-hydrogen) atoms. The Morgan fingerprint density at radius 2 is 1.63 bits per heavy atom. The van der Waals surface area contributed by atoms with Crippen molar-refractivity contribution in [3.8, 4) is 5.75 Å². The van der Waals surface area contributed by atoms with Gasteiger partial charge in [0.25, 0.3) is 5.91 Å². The molecule has 1 aliphatic heterocycles. The molecule has 8 heteroatoms. The van der Waals surface area contributed by atoms with E-state index in [1.807, 2.05) is 73.7 Å². The first kappa shape index (κ1) is 28.5. The summed E-state index contributed by atoms with van der Waals surface area (Å²) in [5.41, 5.74) is 6.13. The Morgan fingerprint density at radius 1 is 0.927 bits per heavy atom. The minimum absolute atomic E-state index is 0.0674. The Kier molecular flexibility index (Phi) is 9.09. The van der Waals surface area contributed by atoms with Gasteiger partial charge in [-0.3, -0.25) is 4.79 Å². The fourth-order valence-corrected chi connectivity index (χ4v) is 5.81. The summed E-state index contributed by atoms with van der Waals surface area (Å²) in [6.45, 7) is 9.80. The van der Waals surface area contributed by atoms with Crippen LogP contribution < -0.4 is 19.9 Å². The highest BCUT2D eigenvalue weighted by Gasteiger charge is 2.22. The number of piperazine rings is 1. The first-order valence-corrected chi connectivity index (χ1v) is 15.0. The van der Waals surface area contributed by atoms with E-state index in [1.54, 1.807) is 18.9 Å². The maximum Gasteiger partial charge on any atom is 0.251 e. The van der Waals surface area contributed by atoms with Gasteiger partial charge in [0, 0.05) is 54.4 Å². The van der Waals surface area contributed by atoms with Crippen molar-refractivity contribution in [3.05, 3.63) is 107 Å². The fourth-order valence-electron chi connectivity index (χ4n) is 4.99. The number of benzene rings is 3. The predicted molar refractivity (Wildman–Crippen MR) is 167 cm³/mol. The number of thioether (sulfide) groups is 1. The van der Waals surface area contributed by atoms with Gasteiger partial charge in [-0.15, -0.1) is 0 Å². The second-order valence-electron chi connectivity index (χ2n) is 10.3. The van der Waals surface area contributed by atoms with Gasteiger partial charge in [-0.2, -0.15) is 0 Å². The lowest BCUT2D eigenvalue weighted by Gasteiger charge is -2.37. The Bertz CT molecular complexity index is 1470. The van der Waals surface area contributed by atoms with Crippen LogP contribution in [-0.2, 0) is 5.75 Å². The number of methoxy groups -OCH3 is 1. The predicted octanol–water partition coefficient (Wildman–Crippen LogP) is 6.21. The van der Waals surface area contributed by atoms with Crippen molar-refractivity contribution < 1.29 is 9.53 Å². The van der Waals surface area contributed by atoms with Crippen LogP contribution in [0.25, 0.3) is 0 Å². The van der Waals surface area contributed by atoms with Crippen molar-refractivity contribution in [1.29, 1.82) is 0 Å². The summed E-state index contributed by atoms with van der Waals surface area (Å²) in [5, 5.41) is 3.86. The Balaban J connectivity index is 1.21. The zero-order valence-corrected chi connectivity index (χ0v) is 24.9. The van der Waals surface area contributed by atoms with Crippen LogP contribution in [-0.4, -0.2) is 49.2 Å². The van der Waals surface area contributed by atoms with Crippen molar-refractivity contribution in [2.75, 3.05) is 43.1 Å². The van der Waals surface area contributed by atoms with E-state index in [9.17, 15) is 4.79 Å². The van der Waals surface area contributed by atoms with Gasteiger partial charge in [0.2, 0.25) is 0 Å². The van der Waals surface area contributed by atoms with Crippen LogP contribution in [0.15, 0.2) is 84.0 Å². The highest BCUT2D eigenvalue weighted by molar-refractivity contribution is 7.98. The van der Waals surface area contributed by atoms with Gasteiger partial charge in [0.05, 0.1) is 13.2 Å². The van der Waals surface area contributed by atoms with Crippen molar-refractivity contribution >= 4 is 29.2 Å². The maximum absolute atomic E-state index is 12.9. The zero-order chi connectivity index (χ0) is 28.8. The molecular formula is C33H37N5O2S. The van der Waals surface area contributed by atoms with Crippen LogP contribution in [0.5, 0.6) is 5.75 Å². The van der Waals surface area contributed by atoms with E-state index in [0.717, 1.165) is 65.3 Å². The number of hydrogen-bond donors (Lipinski definition) is 1. The van der Waals surface area contributed by atoms with E-state index in [-0.39, 0.29) is 11.9 Å². The number of amides is 1. The Hall–Kier alpha value is -4.04. The van der Waals surface area contributed by atoms with Gasteiger partial charge < -0.3 is 19.9 Å². The first-order valence-electron chi connectivity index (χ1n) is 14.0. The number of carbonyl (C=O) groups is 1. The first-order chi connectivity index (χ1) is 19.9. The lowest BCUT2D eigenvalue weighted by atomic mass is 10.1. The SMILES string of the molecule is COc1ccc(N2CCN(c3nc(SCc4cccc(C(=O)NC(C)c5ccccc5)c4)nc(C)c3C)CC2)cc1. The Morgan fingerprint density at radius 3 is 2.34 bits per heavy atom. The normalized spacial score (nSPS) is 14.0. The molecule has 1 amide bonds. The molecule has 1 N–H and O–H groups in total. The second-order valence-corrected chi connectivity index (χ2v) is 11.2. The third-order valence-electron chi connectivity index (χ3n) is 7.56. The van der Waals surface area contributed by atoms with Gasteiger partial charge in [0.1, 0.15) is 11.6 Å². The average Bonchev–Trinajstić information content (AvgIpc) is 3.02. The monoisotopic (exact) mass is 567 g/mol. The number of anilines is 2. The molecule has 0 spiro atoms. The third kappa shape index (κ3) is 7.00. The molecule has 2 heterocycles. The van der Waals surface area contributed by atoms with Gasteiger partial charge in [-0.1, -0.05) is 54.2 Å². The molecule has 1 saturated heterocycles. The number of rotatable bonds is 9. The van der Waals surface area contributed by atoms with Crippen LogP contribution in [0, 0.1) is 13.8 Å². The van der Waals surface area contributed by atoms with Crippen molar-refractivity contribution in [3.63, 3.8) is 0 Å². The second kappa shape index (κ2) is 13.1. The van der Waals surface area contributed by atoms with E-state index in [1.165, 1.54) is 5.69 Å². The Labute approximate surface area is 247 Å². The van der Waals surface area contributed by atoms with Crippen LogP contribution >= 0.6 is 11.8 Å². The van der Waals surface area contributed by atoms with Gasteiger partial charge in [-0.05, 0) is 68.3 Å². The van der Waals surface area contributed by atoms with Crippen LogP contribution in [0.3, 0.4) is 0 Å². The van der Waals surface area contributed by atoms with E-state index in [0.29, 0.717) is 11.3 Å². The molecule has 5 rings (SSSR count). The molecule has 1 aliphatic rings. The summed E-state index contributed by atoms with van der Waals surface area (Å²) in [6, 6.07) is 26.0. The minimum atomic E-state index is -0.0771. The molecule has 4 aromatic rings. The lowest BCUT2D eigenvalue weighted by Crippen LogP contribution is -2.47. The summed E-state index contributed by atoms with van der Waals surface area (Å²) in [6.07, 6.45) is 0. The topological polar surface area (TPSA) is 70.6 Å². The fraction of sp³-hybridized carbons (Fsp3) is 0.303. The summed E-state index contributed by atoms with van der Waals surface area (Å²) in [5.74, 6) is 2.49. The zero-order valence-electron chi connectivity index (χ0n) is 24.1. The summed E-state index contributed by atoms with van der Waals surface area (Å²) in [4.78, 5) is 27.5. The molecule has 0 bridgehead atoms. The molecule has 3 aromatic carbocycles. The van der Waals surface area contributed by atoms with Crippen molar-refractivity contribution in [2.24, 2.45) is 0 Å². The smallest absolute Gasteiger partial charge is 0.251 e. The summed E-state index contributed by atoms with van der Waals surface area (Å²) in [7, 11) is 1.69. The van der Waals surface area contributed by atoms with E-state index < -0.39 is 0 Å². The molecular weight excluding hydrogens is 530 g/mol. The molecule has 7 nitrogen and oxygen atoms in total. The third-order valence-corrected chi connectivity index (χ3v) is 8.48. The minimum Gasteiger partial charge on any atom is -0.497 e. The van der Waals surface area contributed by atoms with Crippen molar-refractivity contribution in [1.82, 2.24) is 15.3 Å². The highest BCUT2D eigenvalue weighted by atomic mass is 32.2. The van der Waals surface area contributed by atoms with Gasteiger partial charge >= 0.3 is 0 Å². The molecule has 0 radical (unpaired) electrons. The van der Waals surface area contributed by atoms with E-state index in [2.05, 4.69) is 41.1 Å². The van der Waals surface area contributed by atoms with Crippen LogP contribution in [0.4, 0.5) is 11.5 Å². The van der Waals surface area contributed by atoms with E-state index in [4.69, 9.17) is 14.7 Å². The molecule has 1 unspecified atom stereocenters.